The van der Waals surface area contributed by atoms with Gasteiger partial charge in [0.15, 0.2) is 5.78 Å². The number of para-hydroxylation sites is 2. The van der Waals surface area contributed by atoms with E-state index in [0.29, 0.717) is 22.6 Å². The Morgan fingerprint density at radius 1 is 1.03 bits per heavy atom. The van der Waals surface area contributed by atoms with Gasteiger partial charge >= 0.3 is 5.97 Å². The molecule has 3 aromatic rings. The SMILES string of the molecule is CCOC(=O)[C@@H]1[C@@H](C(=O)c2cccc(OC)c2)[C@]2(C(=O)Nc3ccccc32)[C@H]2C=Cc3ccccc3N12. The summed E-state index contributed by atoms with van der Waals surface area (Å²) < 4.78 is 10.9. The summed E-state index contributed by atoms with van der Waals surface area (Å²) >= 11 is 0. The van der Waals surface area contributed by atoms with Gasteiger partial charge in [-0.15, -0.1) is 0 Å². The number of rotatable bonds is 5. The smallest absolute Gasteiger partial charge is 0.329 e. The number of Topliss-reactive ketones (excluding diaryl/α,β-unsaturated/α-hetero) is 1. The number of methoxy groups -OCH3 is 1. The third-order valence-corrected chi connectivity index (χ3v) is 7.71. The minimum absolute atomic E-state index is 0.154. The van der Waals surface area contributed by atoms with E-state index in [1.165, 1.54) is 7.11 Å². The molecule has 6 rings (SSSR count). The number of benzene rings is 3. The van der Waals surface area contributed by atoms with E-state index in [2.05, 4.69) is 5.32 Å². The molecule has 3 aliphatic rings. The molecular formula is C30H26N2O5. The second-order valence-electron chi connectivity index (χ2n) is 9.41. The molecule has 3 aromatic carbocycles. The van der Waals surface area contributed by atoms with E-state index in [-0.39, 0.29) is 18.3 Å². The summed E-state index contributed by atoms with van der Waals surface area (Å²) in [4.78, 5) is 44.3. The molecule has 1 saturated heterocycles. The van der Waals surface area contributed by atoms with Gasteiger partial charge in [0.05, 0.1) is 25.7 Å². The summed E-state index contributed by atoms with van der Waals surface area (Å²) in [7, 11) is 1.53. The minimum atomic E-state index is -1.35. The minimum Gasteiger partial charge on any atom is -0.497 e. The average Bonchev–Trinajstić information content (AvgIpc) is 3.41. The molecule has 0 unspecified atom stereocenters. The lowest BCUT2D eigenvalue weighted by molar-refractivity contribution is -0.145. The highest BCUT2D eigenvalue weighted by Crippen LogP contribution is 2.57. The van der Waals surface area contributed by atoms with Gasteiger partial charge in [-0.25, -0.2) is 4.79 Å². The first-order valence-electron chi connectivity index (χ1n) is 12.3. The highest BCUT2D eigenvalue weighted by molar-refractivity contribution is 6.16. The van der Waals surface area contributed by atoms with Crippen molar-refractivity contribution in [2.75, 3.05) is 23.9 Å². The Balaban J connectivity index is 1.65. The van der Waals surface area contributed by atoms with Gasteiger partial charge in [-0.05, 0) is 42.3 Å². The van der Waals surface area contributed by atoms with Crippen LogP contribution >= 0.6 is 0 Å². The van der Waals surface area contributed by atoms with Gasteiger partial charge in [0.2, 0.25) is 5.91 Å². The Morgan fingerprint density at radius 2 is 1.81 bits per heavy atom. The third kappa shape index (κ3) is 3.16. The van der Waals surface area contributed by atoms with Gasteiger partial charge < -0.3 is 19.7 Å². The molecule has 0 aliphatic carbocycles. The Hall–Kier alpha value is -4.39. The van der Waals surface area contributed by atoms with Crippen molar-refractivity contribution in [2.45, 2.75) is 24.4 Å². The number of fused-ring (bicyclic) bond motifs is 6. The van der Waals surface area contributed by atoms with Gasteiger partial charge in [-0.3, -0.25) is 9.59 Å². The fourth-order valence-corrected chi connectivity index (χ4v) is 6.28. The number of hydrogen-bond acceptors (Lipinski definition) is 6. The molecule has 7 nitrogen and oxygen atoms in total. The fourth-order valence-electron chi connectivity index (χ4n) is 6.28. The quantitative estimate of drug-likeness (QED) is 0.422. The van der Waals surface area contributed by atoms with E-state index in [1.807, 2.05) is 65.6 Å². The number of anilines is 2. The summed E-state index contributed by atoms with van der Waals surface area (Å²) in [6.45, 7) is 1.89. The van der Waals surface area contributed by atoms with Crippen molar-refractivity contribution in [1.29, 1.82) is 0 Å². The molecule has 3 aliphatic heterocycles. The van der Waals surface area contributed by atoms with Gasteiger partial charge in [0.25, 0.3) is 0 Å². The van der Waals surface area contributed by atoms with E-state index >= 15 is 0 Å². The molecule has 1 spiro atoms. The van der Waals surface area contributed by atoms with E-state index in [4.69, 9.17) is 9.47 Å². The summed E-state index contributed by atoms with van der Waals surface area (Å²) in [5.74, 6) is -1.69. The van der Waals surface area contributed by atoms with Crippen LogP contribution in [0.1, 0.15) is 28.4 Å². The molecule has 1 fully saturated rings. The van der Waals surface area contributed by atoms with Gasteiger partial charge in [-0.2, -0.15) is 0 Å². The van der Waals surface area contributed by atoms with E-state index < -0.39 is 29.4 Å². The van der Waals surface area contributed by atoms with Gasteiger partial charge in [0.1, 0.15) is 17.2 Å². The van der Waals surface area contributed by atoms with Crippen LogP contribution in [-0.2, 0) is 19.7 Å². The van der Waals surface area contributed by atoms with Crippen molar-refractivity contribution >= 4 is 35.1 Å². The second kappa shape index (κ2) is 8.62. The monoisotopic (exact) mass is 494 g/mol. The Morgan fingerprint density at radius 3 is 2.62 bits per heavy atom. The Bertz CT molecular complexity index is 1460. The van der Waals surface area contributed by atoms with E-state index in [9.17, 15) is 14.4 Å². The molecular weight excluding hydrogens is 468 g/mol. The van der Waals surface area contributed by atoms with Crippen LogP contribution in [-0.4, -0.2) is 43.5 Å². The lowest BCUT2D eigenvalue weighted by Crippen LogP contribution is -2.51. The molecule has 4 atom stereocenters. The van der Waals surface area contributed by atoms with Crippen LogP contribution in [0, 0.1) is 5.92 Å². The highest BCUT2D eigenvalue weighted by Gasteiger charge is 2.70. The second-order valence-corrected chi connectivity index (χ2v) is 9.41. The normalized spacial score (nSPS) is 24.8. The molecule has 37 heavy (non-hydrogen) atoms. The van der Waals surface area contributed by atoms with Crippen LogP contribution in [0.2, 0.25) is 0 Å². The summed E-state index contributed by atoms with van der Waals surface area (Å²) in [5, 5.41) is 3.01. The molecule has 7 heteroatoms. The summed E-state index contributed by atoms with van der Waals surface area (Å²) in [5.41, 5.74) is 2.06. The number of hydrogen-bond donors (Lipinski definition) is 1. The Kier molecular flexibility index (Phi) is 5.37. The van der Waals surface area contributed by atoms with E-state index in [1.54, 1.807) is 31.2 Å². The predicted octanol–water partition coefficient (Wildman–Crippen LogP) is 4.23. The number of esters is 1. The van der Waals surface area contributed by atoms with Crippen LogP contribution in [0.15, 0.2) is 78.9 Å². The number of amides is 1. The molecule has 3 heterocycles. The number of nitrogens with one attached hydrogen (secondary N) is 1. The van der Waals surface area contributed by atoms with Crippen molar-refractivity contribution in [3.05, 3.63) is 95.6 Å². The molecule has 0 aromatic heterocycles. The maximum atomic E-state index is 14.5. The maximum absolute atomic E-state index is 14.5. The maximum Gasteiger partial charge on any atom is 0.329 e. The fraction of sp³-hybridized carbons (Fsp3) is 0.233. The topological polar surface area (TPSA) is 84.9 Å². The zero-order valence-electron chi connectivity index (χ0n) is 20.5. The first-order valence-corrected chi connectivity index (χ1v) is 12.3. The lowest BCUT2D eigenvalue weighted by Gasteiger charge is -2.37. The number of nitrogens with zero attached hydrogens (tertiary/aromatic N) is 1. The zero-order chi connectivity index (χ0) is 25.7. The van der Waals surface area contributed by atoms with Crippen LogP contribution in [0.3, 0.4) is 0 Å². The van der Waals surface area contributed by atoms with Crippen LogP contribution in [0.4, 0.5) is 11.4 Å². The first kappa shape index (κ1) is 23.0. The predicted molar refractivity (Wildman–Crippen MR) is 140 cm³/mol. The van der Waals surface area contributed by atoms with Crippen molar-refractivity contribution in [2.24, 2.45) is 5.92 Å². The molecule has 0 saturated carbocycles. The third-order valence-electron chi connectivity index (χ3n) is 7.71. The van der Waals surface area contributed by atoms with Crippen molar-refractivity contribution in [3.8, 4) is 5.75 Å². The molecule has 186 valence electrons. The summed E-state index contributed by atoms with van der Waals surface area (Å²) in [6, 6.07) is 20.3. The van der Waals surface area contributed by atoms with Gasteiger partial charge in [0, 0.05) is 16.9 Å². The van der Waals surface area contributed by atoms with E-state index in [0.717, 1.165) is 11.3 Å². The highest BCUT2D eigenvalue weighted by atomic mass is 16.5. The molecule has 0 radical (unpaired) electrons. The average molecular weight is 495 g/mol. The van der Waals surface area contributed by atoms with Crippen molar-refractivity contribution in [1.82, 2.24) is 0 Å². The summed E-state index contributed by atoms with van der Waals surface area (Å²) in [6.07, 6.45) is 3.90. The van der Waals surface area contributed by atoms with Crippen LogP contribution in [0.5, 0.6) is 5.75 Å². The number of carbonyl (C=O) groups is 3. The first-order chi connectivity index (χ1) is 18.0. The van der Waals surface area contributed by atoms with Crippen LogP contribution < -0.4 is 15.0 Å². The van der Waals surface area contributed by atoms with Gasteiger partial charge in [-0.1, -0.05) is 60.7 Å². The standard InChI is InChI=1S/C30H26N2O5/c1-3-37-28(34)26-25(27(33)19-10-8-11-20(17-19)36-2)30(21-12-5-6-13-22(21)31-29(30)35)24-16-15-18-9-4-7-14-23(18)32(24)26/h4-17,24-26H,3H2,1-2H3,(H,31,35)/t24-,25+,26+,30-/m1/s1. The molecule has 0 bridgehead atoms. The molecule has 1 N–H and O–H groups in total. The zero-order valence-corrected chi connectivity index (χ0v) is 20.5. The van der Waals surface area contributed by atoms with Crippen LogP contribution in [0.25, 0.3) is 6.08 Å². The van der Waals surface area contributed by atoms with Crippen molar-refractivity contribution < 1.29 is 23.9 Å². The largest absolute Gasteiger partial charge is 0.497 e. The number of ketones is 1. The lowest BCUT2D eigenvalue weighted by atomic mass is 9.64. The Labute approximate surface area is 214 Å². The molecule has 1 amide bonds. The number of carbonyl (C=O) groups excluding carboxylic acids is 3. The van der Waals surface area contributed by atoms with Crippen molar-refractivity contribution in [3.63, 3.8) is 0 Å². The number of ether oxygens (including phenoxy) is 2.